The van der Waals surface area contributed by atoms with E-state index in [0.717, 1.165) is 0 Å². The molecule has 0 saturated carbocycles. The summed E-state index contributed by atoms with van der Waals surface area (Å²) in [5.74, 6) is 2.41. The van der Waals surface area contributed by atoms with Gasteiger partial charge in [-0.25, -0.2) is 21.6 Å². The topological polar surface area (TPSA) is 92.3 Å². The van der Waals surface area contributed by atoms with Crippen LogP contribution >= 0.6 is 0 Å². The predicted octanol–water partition coefficient (Wildman–Crippen LogP) is 1.38. The van der Waals surface area contributed by atoms with Gasteiger partial charge in [0.05, 0.1) is 15.5 Å². The second kappa shape index (κ2) is 6.42. The number of rotatable bonds is 5. The third-order valence-electron chi connectivity index (χ3n) is 2.99. The van der Waals surface area contributed by atoms with Crippen molar-refractivity contribution < 1.29 is 16.8 Å². The van der Waals surface area contributed by atoms with Crippen molar-refractivity contribution in [1.82, 2.24) is 4.72 Å². The first-order chi connectivity index (χ1) is 10.8. The first-order valence-corrected chi connectivity index (χ1v) is 9.38. The maximum Gasteiger partial charge on any atom is 0.261 e. The molecule has 2 aromatic rings. The van der Waals surface area contributed by atoms with E-state index in [1.807, 2.05) is 0 Å². The minimum atomic E-state index is -3.84. The predicted molar refractivity (Wildman–Crippen MR) is 87.9 cm³/mol. The zero-order valence-electron chi connectivity index (χ0n) is 12.1. The Morgan fingerprint density at radius 2 is 1.48 bits per heavy atom. The van der Waals surface area contributed by atoms with E-state index in [1.54, 1.807) is 18.2 Å². The quantitative estimate of drug-likeness (QED) is 0.797. The summed E-state index contributed by atoms with van der Waals surface area (Å²) >= 11 is 0. The summed E-state index contributed by atoms with van der Waals surface area (Å²) in [4.78, 5) is -0.0769. The lowest BCUT2D eigenvalue weighted by atomic mass is 10.2. The van der Waals surface area contributed by atoms with E-state index in [2.05, 4.69) is 15.4 Å². The number of hydrogen-bond donors (Lipinski definition) is 2. The number of nitrogens with one attached hydrogen (secondary N) is 2. The van der Waals surface area contributed by atoms with Crippen LogP contribution in [0, 0.1) is 12.3 Å². The van der Waals surface area contributed by atoms with E-state index >= 15 is 0 Å². The second-order valence-corrected chi connectivity index (χ2v) is 8.08. The van der Waals surface area contributed by atoms with Crippen LogP contribution in [0.2, 0.25) is 0 Å². The molecular formula is C15H14N2O4S2. The van der Waals surface area contributed by atoms with E-state index < -0.39 is 20.0 Å². The Hall–Kier alpha value is -2.34. The lowest BCUT2D eigenvalue weighted by Gasteiger charge is -2.09. The van der Waals surface area contributed by atoms with Crippen LogP contribution in [0.4, 0.5) is 5.69 Å². The molecule has 0 bridgehead atoms. The molecular weight excluding hydrogens is 336 g/mol. The molecule has 0 unspecified atom stereocenters. The molecule has 0 spiro atoms. The molecule has 0 heterocycles. The van der Waals surface area contributed by atoms with Gasteiger partial charge < -0.3 is 0 Å². The molecule has 0 saturated heterocycles. The van der Waals surface area contributed by atoms with E-state index in [9.17, 15) is 16.8 Å². The minimum absolute atomic E-state index is 0.0201. The van der Waals surface area contributed by atoms with Crippen LogP contribution in [0.25, 0.3) is 0 Å². The highest BCUT2D eigenvalue weighted by Gasteiger charge is 2.17. The Balaban J connectivity index is 2.31. The summed E-state index contributed by atoms with van der Waals surface area (Å²) < 4.78 is 52.4. The number of benzene rings is 2. The summed E-state index contributed by atoms with van der Waals surface area (Å²) in [5.41, 5.74) is 0.869. The standard InChI is InChI=1S/C15H14N2O4S2/c1-3-12-5-4-6-13(11-12)17-23(20,21)15-9-7-14(8-10-15)22(18,19)16-2/h1,4-11,16-17H,2H3. The van der Waals surface area contributed by atoms with Gasteiger partial charge in [-0.2, -0.15) is 0 Å². The van der Waals surface area contributed by atoms with Crippen LogP contribution in [0.5, 0.6) is 0 Å². The lowest BCUT2D eigenvalue weighted by molar-refractivity contribution is 0.587. The third-order valence-corrected chi connectivity index (χ3v) is 5.82. The second-order valence-electron chi connectivity index (χ2n) is 4.51. The SMILES string of the molecule is C#Cc1cccc(NS(=O)(=O)c2ccc(S(=O)(=O)NC)cc2)c1. The van der Waals surface area contributed by atoms with Gasteiger partial charge in [0.2, 0.25) is 10.0 Å². The molecule has 0 aliphatic heterocycles. The highest BCUT2D eigenvalue weighted by Crippen LogP contribution is 2.19. The van der Waals surface area contributed by atoms with Crippen LogP contribution in [-0.4, -0.2) is 23.9 Å². The van der Waals surface area contributed by atoms with Crippen molar-refractivity contribution in [2.45, 2.75) is 9.79 Å². The van der Waals surface area contributed by atoms with Gasteiger partial charge >= 0.3 is 0 Å². The molecule has 0 amide bonds. The summed E-state index contributed by atoms with van der Waals surface area (Å²) in [6.07, 6.45) is 5.27. The molecule has 0 fully saturated rings. The van der Waals surface area contributed by atoms with Gasteiger partial charge in [-0.1, -0.05) is 12.0 Å². The van der Waals surface area contributed by atoms with Gasteiger partial charge in [-0.3, -0.25) is 4.72 Å². The monoisotopic (exact) mass is 350 g/mol. The number of anilines is 1. The molecule has 0 aliphatic carbocycles. The Morgan fingerprint density at radius 1 is 0.913 bits per heavy atom. The molecule has 0 aliphatic rings. The molecule has 0 radical (unpaired) electrons. The number of terminal acetylenes is 1. The van der Waals surface area contributed by atoms with Crippen LogP contribution < -0.4 is 9.44 Å². The van der Waals surface area contributed by atoms with Gasteiger partial charge in [0.25, 0.3) is 10.0 Å². The Labute approximate surface area is 135 Å². The first-order valence-electron chi connectivity index (χ1n) is 6.41. The average Bonchev–Trinajstić information content (AvgIpc) is 2.54. The molecule has 120 valence electrons. The maximum atomic E-state index is 12.3. The van der Waals surface area contributed by atoms with E-state index in [4.69, 9.17) is 6.42 Å². The van der Waals surface area contributed by atoms with Gasteiger partial charge in [-0.05, 0) is 49.5 Å². The highest BCUT2D eigenvalue weighted by molar-refractivity contribution is 7.92. The van der Waals surface area contributed by atoms with E-state index in [1.165, 1.54) is 37.4 Å². The van der Waals surface area contributed by atoms with Crippen molar-refractivity contribution >= 4 is 25.7 Å². The number of sulfonamides is 2. The molecule has 8 heteroatoms. The van der Waals surface area contributed by atoms with Gasteiger partial charge in [0.15, 0.2) is 0 Å². The zero-order chi connectivity index (χ0) is 17.1. The van der Waals surface area contributed by atoms with Crippen molar-refractivity contribution in [3.8, 4) is 12.3 Å². The molecule has 23 heavy (non-hydrogen) atoms. The fourth-order valence-corrected chi connectivity index (χ4v) is 3.58. The molecule has 0 atom stereocenters. The van der Waals surface area contributed by atoms with Gasteiger partial charge in [0, 0.05) is 5.56 Å². The fourth-order valence-electron chi connectivity index (χ4n) is 1.80. The van der Waals surface area contributed by atoms with Crippen molar-refractivity contribution in [2.75, 3.05) is 11.8 Å². The Kier molecular flexibility index (Phi) is 4.75. The average molecular weight is 350 g/mol. The molecule has 2 rings (SSSR count). The molecule has 2 N–H and O–H groups in total. The smallest absolute Gasteiger partial charge is 0.261 e. The number of hydrogen-bond acceptors (Lipinski definition) is 4. The molecule has 6 nitrogen and oxygen atoms in total. The van der Waals surface area contributed by atoms with Crippen molar-refractivity contribution in [1.29, 1.82) is 0 Å². The Bertz CT molecular complexity index is 957. The first kappa shape index (κ1) is 17.0. The van der Waals surface area contributed by atoms with Crippen LogP contribution in [-0.2, 0) is 20.0 Å². The van der Waals surface area contributed by atoms with Gasteiger partial charge in [-0.15, -0.1) is 6.42 Å². The fraction of sp³-hybridized carbons (Fsp3) is 0.0667. The van der Waals surface area contributed by atoms with Gasteiger partial charge in [0.1, 0.15) is 0 Å². The summed E-state index contributed by atoms with van der Waals surface area (Å²) in [6, 6.07) is 11.3. The lowest BCUT2D eigenvalue weighted by Crippen LogP contribution is -2.19. The third kappa shape index (κ3) is 3.90. The Morgan fingerprint density at radius 3 is 2.00 bits per heavy atom. The summed E-state index contributed by atoms with van der Waals surface area (Å²) in [5, 5.41) is 0. The van der Waals surface area contributed by atoms with E-state index in [-0.39, 0.29) is 9.79 Å². The van der Waals surface area contributed by atoms with Crippen molar-refractivity contribution in [3.63, 3.8) is 0 Å². The molecule has 2 aromatic carbocycles. The zero-order valence-corrected chi connectivity index (χ0v) is 13.8. The van der Waals surface area contributed by atoms with Crippen LogP contribution in [0.15, 0.2) is 58.3 Å². The molecule has 0 aromatic heterocycles. The minimum Gasteiger partial charge on any atom is -0.280 e. The van der Waals surface area contributed by atoms with Crippen molar-refractivity contribution in [3.05, 3.63) is 54.1 Å². The summed E-state index contributed by atoms with van der Waals surface area (Å²) in [6.45, 7) is 0. The van der Waals surface area contributed by atoms with Crippen molar-refractivity contribution in [2.24, 2.45) is 0 Å². The largest absolute Gasteiger partial charge is 0.280 e. The van der Waals surface area contributed by atoms with Crippen LogP contribution in [0.1, 0.15) is 5.56 Å². The highest BCUT2D eigenvalue weighted by atomic mass is 32.2. The van der Waals surface area contributed by atoms with Crippen LogP contribution in [0.3, 0.4) is 0 Å². The van der Waals surface area contributed by atoms with E-state index in [0.29, 0.717) is 11.3 Å². The summed E-state index contributed by atoms with van der Waals surface area (Å²) in [7, 11) is -6.18. The maximum absolute atomic E-state index is 12.3. The normalized spacial score (nSPS) is 11.7.